The molecule has 0 amide bonds. The van der Waals surface area contributed by atoms with E-state index in [0.717, 1.165) is 49.5 Å². The zero-order valence-electron chi connectivity index (χ0n) is 24.7. The van der Waals surface area contributed by atoms with Crippen LogP contribution in [0.1, 0.15) is 46.4 Å². The van der Waals surface area contributed by atoms with Gasteiger partial charge in [0.2, 0.25) is 0 Å². The smallest absolute Gasteiger partial charge is 0.261 e. The van der Waals surface area contributed by atoms with Crippen molar-refractivity contribution < 1.29 is 9.13 Å². The first-order valence-electron chi connectivity index (χ1n) is 14.8. The minimum atomic E-state index is -0.328. The van der Waals surface area contributed by atoms with Crippen molar-refractivity contribution in [2.45, 2.75) is 59.2 Å². The van der Waals surface area contributed by atoms with Gasteiger partial charge in [0, 0.05) is 38.4 Å². The van der Waals surface area contributed by atoms with Gasteiger partial charge in [-0.3, -0.25) is 9.36 Å². The molecule has 2 heterocycles. The van der Waals surface area contributed by atoms with Crippen LogP contribution in [-0.2, 0) is 13.7 Å². The molecule has 4 fully saturated rings. The first kappa shape index (κ1) is 27.7. The summed E-state index contributed by atoms with van der Waals surface area (Å²) in [6.45, 7) is 12.2. The lowest BCUT2D eigenvalue weighted by Gasteiger charge is -2.61. The molecule has 4 aliphatic rings. The summed E-state index contributed by atoms with van der Waals surface area (Å²) in [5.74, 6) is 3.57. The van der Waals surface area contributed by atoms with Crippen molar-refractivity contribution in [3.63, 3.8) is 0 Å². The van der Waals surface area contributed by atoms with Gasteiger partial charge in [0.15, 0.2) is 5.96 Å². The van der Waals surface area contributed by atoms with Crippen molar-refractivity contribution in [3.05, 3.63) is 64.5 Å². The monoisotopic (exact) mass is 560 g/mol. The van der Waals surface area contributed by atoms with E-state index in [2.05, 4.69) is 43.2 Å². The Morgan fingerprint density at radius 1 is 1.20 bits per heavy atom. The average molecular weight is 561 g/mol. The highest BCUT2D eigenvalue weighted by Gasteiger charge is 2.56. The molecule has 2 N–H and O–H groups in total. The van der Waals surface area contributed by atoms with Crippen molar-refractivity contribution in [1.82, 2.24) is 19.8 Å². The second kappa shape index (κ2) is 10.7. The van der Waals surface area contributed by atoms with Crippen LogP contribution in [0.3, 0.4) is 0 Å². The van der Waals surface area contributed by atoms with E-state index in [1.165, 1.54) is 23.1 Å². The largest absolute Gasteiger partial charge is 0.486 e. The van der Waals surface area contributed by atoms with Gasteiger partial charge in [-0.05, 0) is 85.4 Å². The summed E-state index contributed by atoms with van der Waals surface area (Å²) in [6, 6.07) is 12.2. The molecule has 41 heavy (non-hydrogen) atoms. The number of nitrogens with one attached hydrogen (secondary N) is 2. The molecular weight excluding hydrogens is 519 g/mol. The molecule has 0 radical (unpaired) electrons. The Balaban J connectivity index is 1.28. The van der Waals surface area contributed by atoms with Crippen molar-refractivity contribution in [2.24, 2.45) is 35.2 Å². The third kappa shape index (κ3) is 5.32. The van der Waals surface area contributed by atoms with Crippen LogP contribution in [0.15, 0.2) is 52.3 Å². The number of rotatable bonds is 5. The SMILES string of the molecule is C[C@@H]1C(N=C(Nc2ccc3c(=O)n(C)c(COc4ccc(F)cc4)nc3c2)N2CCN[C@@H](C)C2)CC2C[C@@H]1C2(C)C. The van der Waals surface area contributed by atoms with Crippen LogP contribution in [0.2, 0.25) is 0 Å². The third-order valence-electron chi connectivity index (χ3n) is 9.88. The number of ether oxygens (including phenoxy) is 1. The van der Waals surface area contributed by atoms with Crippen LogP contribution in [-0.4, -0.2) is 52.1 Å². The minimum Gasteiger partial charge on any atom is -0.486 e. The molecule has 1 saturated heterocycles. The second-order valence-electron chi connectivity index (χ2n) is 12.8. The molecule has 5 atom stereocenters. The van der Waals surface area contributed by atoms with Crippen molar-refractivity contribution in [2.75, 3.05) is 25.0 Å². The summed E-state index contributed by atoms with van der Waals surface area (Å²) in [5, 5.41) is 7.71. The van der Waals surface area contributed by atoms with Crippen molar-refractivity contribution in [3.8, 4) is 5.75 Å². The Hall–Kier alpha value is -3.46. The molecule has 1 aliphatic heterocycles. The van der Waals surface area contributed by atoms with Gasteiger partial charge in [-0.1, -0.05) is 20.8 Å². The van der Waals surface area contributed by atoms with E-state index in [1.54, 1.807) is 19.2 Å². The number of piperazine rings is 1. The molecule has 2 aromatic carbocycles. The Morgan fingerprint density at radius 2 is 1.98 bits per heavy atom. The topological polar surface area (TPSA) is 83.8 Å². The van der Waals surface area contributed by atoms with Gasteiger partial charge in [0.25, 0.3) is 5.56 Å². The van der Waals surface area contributed by atoms with E-state index in [4.69, 9.17) is 14.7 Å². The summed E-state index contributed by atoms with van der Waals surface area (Å²) < 4.78 is 20.6. The standard InChI is InChI=1S/C32H41FN6O2/c1-19-17-39(13-12-34-19)31(37-27-15-21-14-26(20(27)2)32(21,3)4)35-23-8-11-25-28(16-23)36-29(38(5)30(25)40)18-41-24-9-6-22(33)7-10-24/h6-11,16,19-21,26-27,34H,12-15,17-18H2,1-5H3,(H,35,37)/t19-,20-,21?,26-,27?/m0/s1. The Labute approximate surface area is 241 Å². The normalized spacial score (nSPS) is 27.4. The van der Waals surface area contributed by atoms with Gasteiger partial charge >= 0.3 is 0 Å². The van der Waals surface area contributed by atoms with E-state index >= 15 is 0 Å². The van der Waals surface area contributed by atoms with E-state index in [0.29, 0.717) is 45.9 Å². The molecule has 218 valence electrons. The average Bonchev–Trinajstić information content (AvgIpc) is 2.95. The number of guanidine groups is 1. The number of halogens is 1. The Morgan fingerprint density at radius 3 is 2.68 bits per heavy atom. The fourth-order valence-electron chi connectivity index (χ4n) is 7.10. The van der Waals surface area contributed by atoms with Gasteiger partial charge in [-0.25, -0.2) is 14.4 Å². The lowest BCUT2D eigenvalue weighted by atomic mass is 9.45. The maximum absolute atomic E-state index is 13.3. The molecule has 3 aromatic rings. The molecule has 2 bridgehead atoms. The van der Waals surface area contributed by atoms with E-state index in [-0.39, 0.29) is 18.0 Å². The molecule has 3 aliphatic carbocycles. The number of benzene rings is 2. The fourth-order valence-corrected chi connectivity index (χ4v) is 7.10. The van der Waals surface area contributed by atoms with Gasteiger partial charge in [-0.2, -0.15) is 0 Å². The summed E-state index contributed by atoms with van der Waals surface area (Å²) in [4.78, 5) is 25.7. The second-order valence-corrected chi connectivity index (χ2v) is 12.8. The number of nitrogens with zero attached hydrogens (tertiary/aromatic N) is 4. The van der Waals surface area contributed by atoms with Crippen molar-refractivity contribution >= 4 is 22.5 Å². The first-order valence-corrected chi connectivity index (χ1v) is 14.8. The number of fused-ring (bicyclic) bond motifs is 3. The molecule has 2 unspecified atom stereocenters. The molecule has 0 spiro atoms. The number of hydrogen-bond acceptors (Lipinski definition) is 5. The van der Waals surface area contributed by atoms with Crippen LogP contribution < -0.4 is 20.9 Å². The van der Waals surface area contributed by atoms with Crippen molar-refractivity contribution in [1.29, 1.82) is 0 Å². The van der Waals surface area contributed by atoms with Crippen LogP contribution >= 0.6 is 0 Å². The lowest BCUT2D eigenvalue weighted by Crippen LogP contribution is -2.57. The number of hydrogen-bond donors (Lipinski definition) is 2. The summed E-state index contributed by atoms with van der Waals surface area (Å²) in [7, 11) is 1.69. The highest BCUT2D eigenvalue weighted by Crippen LogP contribution is 2.61. The van der Waals surface area contributed by atoms with Gasteiger partial charge < -0.3 is 20.3 Å². The molecule has 7 rings (SSSR count). The first-order chi connectivity index (χ1) is 19.6. The molecule has 1 aromatic heterocycles. The highest BCUT2D eigenvalue weighted by atomic mass is 19.1. The zero-order valence-corrected chi connectivity index (χ0v) is 24.7. The maximum atomic E-state index is 13.3. The number of anilines is 1. The van der Waals surface area contributed by atoms with Crippen LogP contribution in [0, 0.1) is 29.0 Å². The molecule has 9 heteroatoms. The molecule has 3 saturated carbocycles. The Bertz CT molecular complexity index is 1520. The van der Waals surface area contributed by atoms with Gasteiger partial charge in [-0.15, -0.1) is 0 Å². The zero-order chi connectivity index (χ0) is 28.9. The summed E-state index contributed by atoms with van der Waals surface area (Å²) >= 11 is 0. The van der Waals surface area contributed by atoms with Crippen LogP contribution in [0.25, 0.3) is 10.9 Å². The quantitative estimate of drug-likeness (QED) is 0.345. The molecule has 8 nitrogen and oxygen atoms in total. The summed E-state index contributed by atoms with van der Waals surface area (Å²) in [5.41, 5.74) is 1.72. The summed E-state index contributed by atoms with van der Waals surface area (Å²) in [6.07, 6.45) is 2.45. The maximum Gasteiger partial charge on any atom is 0.261 e. The number of aliphatic imine (C=N–C) groups is 1. The molecular formula is C32H41FN6O2. The highest BCUT2D eigenvalue weighted by molar-refractivity contribution is 5.96. The van der Waals surface area contributed by atoms with Crippen LogP contribution in [0.4, 0.5) is 10.1 Å². The predicted octanol–water partition coefficient (Wildman–Crippen LogP) is 4.78. The van der Waals surface area contributed by atoms with Crippen LogP contribution in [0.5, 0.6) is 5.75 Å². The predicted molar refractivity (Wildman–Crippen MR) is 161 cm³/mol. The third-order valence-corrected chi connectivity index (χ3v) is 9.88. The van der Waals surface area contributed by atoms with Gasteiger partial charge in [0.1, 0.15) is 24.0 Å². The lowest BCUT2D eigenvalue weighted by molar-refractivity contribution is -0.108. The van der Waals surface area contributed by atoms with E-state index in [9.17, 15) is 9.18 Å². The van der Waals surface area contributed by atoms with E-state index in [1.807, 2.05) is 18.2 Å². The van der Waals surface area contributed by atoms with Gasteiger partial charge in [0.05, 0.1) is 16.9 Å². The fraction of sp³-hybridized carbons (Fsp3) is 0.531. The Kier molecular flexibility index (Phi) is 7.26. The number of aromatic nitrogens is 2. The van der Waals surface area contributed by atoms with E-state index < -0.39 is 0 Å². The minimum absolute atomic E-state index is 0.0919.